The van der Waals surface area contributed by atoms with E-state index < -0.39 is 0 Å². The van der Waals surface area contributed by atoms with Gasteiger partial charge in [0.2, 0.25) is 0 Å². The second-order valence-corrected chi connectivity index (χ2v) is 5.24. The topological polar surface area (TPSA) is 35.2 Å². The zero-order valence-electron chi connectivity index (χ0n) is 11.6. The van der Waals surface area contributed by atoms with Gasteiger partial charge in [-0.15, -0.1) is 0 Å². The molecule has 0 saturated carbocycles. The molecule has 2 aromatic rings. The van der Waals surface area contributed by atoms with Gasteiger partial charge in [-0.1, -0.05) is 54.2 Å². The molecular formula is C17H19NOS. The predicted octanol–water partition coefficient (Wildman–Crippen LogP) is 3.64. The summed E-state index contributed by atoms with van der Waals surface area (Å²) in [6, 6.07) is 16.3. The third-order valence-corrected chi connectivity index (χ3v) is 3.33. The Hall–Kier alpha value is -1.87. The van der Waals surface area contributed by atoms with Gasteiger partial charge in [0.1, 0.15) is 10.7 Å². The van der Waals surface area contributed by atoms with Crippen LogP contribution in [0, 0.1) is 6.92 Å². The number of aryl methyl sites for hydroxylation is 2. The highest BCUT2D eigenvalue weighted by Gasteiger charge is 2.06. The molecule has 2 nitrogen and oxygen atoms in total. The second kappa shape index (κ2) is 7.06. The van der Waals surface area contributed by atoms with Gasteiger partial charge in [-0.2, -0.15) is 0 Å². The lowest BCUT2D eigenvalue weighted by molar-refractivity contribution is 0.310. The van der Waals surface area contributed by atoms with Gasteiger partial charge in [0, 0.05) is 0 Å². The van der Waals surface area contributed by atoms with Crippen molar-refractivity contribution >= 4 is 17.2 Å². The lowest BCUT2D eigenvalue weighted by Crippen LogP contribution is -2.12. The van der Waals surface area contributed by atoms with E-state index in [1.165, 1.54) is 5.56 Å². The number of benzene rings is 2. The molecule has 0 aromatic heterocycles. The van der Waals surface area contributed by atoms with Crippen LogP contribution < -0.4 is 10.5 Å². The van der Waals surface area contributed by atoms with Crippen LogP contribution in [0.5, 0.6) is 5.75 Å². The monoisotopic (exact) mass is 285 g/mol. The fraction of sp³-hybridized carbons (Fsp3) is 0.235. The van der Waals surface area contributed by atoms with E-state index in [1.54, 1.807) is 0 Å². The molecule has 0 bridgehead atoms. The molecule has 0 aliphatic heterocycles. The maximum atomic E-state index is 5.81. The number of rotatable bonds is 6. The zero-order chi connectivity index (χ0) is 14.4. The third-order valence-electron chi connectivity index (χ3n) is 3.11. The summed E-state index contributed by atoms with van der Waals surface area (Å²) in [7, 11) is 0. The Bertz CT molecular complexity index is 581. The first-order valence-electron chi connectivity index (χ1n) is 6.74. The van der Waals surface area contributed by atoms with Crippen LogP contribution >= 0.6 is 12.2 Å². The first kappa shape index (κ1) is 14.5. The van der Waals surface area contributed by atoms with Gasteiger partial charge >= 0.3 is 0 Å². The Morgan fingerprint density at radius 3 is 2.60 bits per heavy atom. The van der Waals surface area contributed by atoms with Crippen molar-refractivity contribution in [3.05, 3.63) is 65.2 Å². The van der Waals surface area contributed by atoms with Crippen LogP contribution in [0.2, 0.25) is 0 Å². The quantitative estimate of drug-likeness (QED) is 0.650. The fourth-order valence-electron chi connectivity index (χ4n) is 2.07. The normalized spacial score (nSPS) is 10.2. The maximum Gasteiger partial charge on any atom is 0.129 e. The number of ether oxygens (including phenoxy) is 1. The van der Waals surface area contributed by atoms with Crippen molar-refractivity contribution in [2.75, 3.05) is 6.61 Å². The maximum absolute atomic E-state index is 5.81. The molecule has 0 radical (unpaired) electrons. The molecule has 3 heteroatoms. The minimum Gasteiger partial charge on any atom is -0.493 e. The Kier molecular flexibility index (Phi) is 5.13. The van der Waals surface area contributed by atoms with Crippen LogP contribution in [-0.2, 0) is 6.42 Å². The summed E-state index contributed by atoms with van der Waals surface area (Å²) in [5, 5.41) is 0. The van der Waals surface area contributed by atoms with Gasteiger partial charge in [-0.05, 0) is 37.5 Å². The van der Waals surface area contributed by atoms with Crippen molar-refractivity contribution in [3.8, 4) is 5.75 Å². The summed E-state index contributed by atoms with van der Waals surface area (Å²) in [6.45, 7) is 2.68. The minimum atomic E-state index is 0.381. The fourth-order valence-corrected chi connectivity index (χ4v) is 2.22. The summed E-state index contributed by atoms with van der Waals surface area (Å²) < 4.78 is 5.81. The van der Waals surface area contributed by atoms with Crippen LogP contribution in [0.1, 0.15) is 23.1 Å². The Labute approximate surface area is 125 Å². The van der Waals surface area contributed by atoms with Crippen LogP contribution in [0.25, 0.3) is 0 Å². The molecule has 0 amide bonds. The molecule has 104 valence electrons. The van der Waals surface area contributed by atoms with E-state index in [0.29, 0.717) is 11.6 Å². The molecule has 2 aromatic carbocycles. The lowest BCUT2D eigenvalue weighted by Gasteiger charge is -2.11. The van der Waals surface area contributed by atoms with Crippen molar-refractivity contribution in [2.45, 2.75) is 19.8 Å². The molecule has 2 N–H and O–H groups in total. The van der Waals surface area contributed by atoms with E-state index in [9.17, 15) is 0 Å². The molecular weight excluding hydrogens is 266 g/mol. The highest BCUT2D eigenvalue weighted by atomic mass is 32.1. The summed E-state index contributed by atoms with van der Waals surface area (Å²) >= 11 is 5.06. The molecule has 0 saturated heterocycles. The van der Waals surface area contributed by atoms with Crippen LogP contribution in [0.15, 0.2) is 48.5 Å². The van der Waals surface area contributed by atoms with E-state index in [1.807, 2.05) is 31.2 Å². The molecule has 0 fully saturated rings. The van der Waals surface area contributed by atoms with Gasteiger partial charge in [0.25, 0.3) is 0 Å². The summed E-state index contributed by atoms with van der Waals surface area (Å²) in [6.07, 6.45) is 1.98. The summed E-state index contributed by atoms with van der Waals surface area (Å²) in [5.74, 6) is 0.774. The Morgan fingerprint density at radius 1 is 1.15 bits per heavy atom. The van der Waals surface area contributed by atoms with Gasteiger partial charge in [-0.3, -0.25) is 0 Å². The van der Waals surface area contributed by atoms with Crippen molar-refractivity contribution in [3.63, 3.8) is 0 Å². The van der Waals surface area contributed by atoms with Crippen molar-refractivity contribution in [2.24, 2.45) is 5.73 Å². The molecule has 0 heterocycles. The van der Waals surface area contributed by atoms with Crippen molar-refractivity contribution in [1.29, 1.82) is 0 Å². The van der Waals surface area contributed by atoms with Gasteiger partial charge in [-0.25, -0.2) is 0 Å². The number of hydrogen-bond donors (Lipinski definition) is 1. The highest BCUT2D eigenvalue weighted by molar-refractivity contribution is 7.80. The number of hydrogen-bond acceptors (Lipinski definition) is 2. The Morgan fingerprint density at radius 2 is 1.90 bits per heavy atom. The molecule has 20 heavy (non-hydrogen) atoms. The zero-order valence-corrected chi connectivity index (χ0v) is 12.5. The smallest absolute Gasteiger partial charge is 0.129 e. The lowest BCUT2D eigenvalue weighted by atomic mass is 10.1. The van der Waals surface area contributed by atoms with E-state index in [4.69, 9.17) is 22.7 Å². The minimum absolute atomic E-state index is 0.381. The van der Waals surface area contributed by atoms with Crippen molar-refractivity contribution < 1.29 is 4.74 Å². The molecule has 0 aliphatic rings. The molecule has 2 rings (SSSR count). The van der Waals surface area contributed by atoms with Gasteiger partial charge in [0.15, 0.2) is 0 Å². The molecule has 0 spiro atoms. The number of thiocarbonyl (C=S) groups is 1. The largest absolute Gasteiger partial charge is 0.493 e. The average molecular weight is 285 g/mol. The van der Waals surface area contributed by atoms with Crippen LogP contribution in [-0.4, -0.2) is 11.6 Å². The van der Waals surface area contributed by atoms with Crippen LogP contribution in [0.3, 0.4) is 0 Å². The first-order chi connectivity index (χ1) is 9.66. The van der Waals surface area contributed by atoms with E-state index in [-0.39, 0.29) is 0 Å². The summed E-state index contributed by atoms with van der Waals surface area (Å²) in [5.41, 5.74) is 9.01. The predicted molar refractivity (Wildman–Crippen MR) is 87.3 cm³/mol. The Balaban J connectivity index is 1.90. The average Bonchev–Trinajstić information content (AvgIpc) is 2.45. The summed E-state index contributed by atoms with van der Waals surface area (Å²) in [4.78, 5) is 0.381. The SMILES string of the molecule is Cc1ccc(OCCCc2ccccc2)c(C(N)=S)c1. The van der Waals surface area contributed by atoms with Crippen LogP contribution in [0.4, 0.5) is 0 Å². The second-order valence-electron chi connectivity index (χ2n) is 4.80. The van der Waals surface area contributed by atoms with Crippen molar-refractivity contribution in [1.82, 2.24) is 0 Å². The van der Waals surface area contributed by atoms with Gasteiger partial charge < -0.3 is 10.5 Å². The third kappa shape index (κ3) is 4.07. The molecule has 0 unspecified atom stereocenters. The molecule has 0 aliphatic carbocycles. The standard InChI is InChI=1S/C17H19NOS/c1-13-9-10-16(15(12-13)17(18)20)19-11-5-8-14-6-3-2-4-7-14/h2-4,6-7,9-10,12H,5,8,11H2,1H3,(H2,18,20). The molecule has 0 atom stereocenters. The van der Waals surface area contributed by atoms with E-state index >= 15 is 0 Å². The van der Waals surface area contributed by atoms with E-state index in [2.05, 4.69) is 24.3 Å². The number of nitrogens with two attached hydrogens (primary N) is 1. The van der Waals surface area contributed by atoms with E-state index in [0.717, 1.165) is 29.7 Å². The van der Waals surface area contributed by atoms with Gasteiger partial charge in [0.05, 0.1) is 12.2 Å². The first-order valence-corrected chi connectivity index (χ1v) is 7.15. The highest BCUT2D eigenvalue weighted by Crippen LogP contribution is 2.20.